The SMILES string of the molecule is COC(=O)C1CSC(OC(C)(C)C)N1. The number of ether oxygens (including phenoxy) is 2. The topological polar surface area (TPSA) is 47.6 Å². The summed E-state index contributed by atoms with van der Waals surface area (Å²) < 4.78 is 10.3. The number of carbonyl (C=O) groups is 1. The monoisotopic (exact) mass is 219 g/mol. The van der Waals surface area contributed by atoms with Crippen LogP contribution in [0.5, 0.6) is 0 Å². The predicted molar refractivity (Wildman–Crippen MR) is 56.0 cm³/mol. The molecule has 0 saturated carbocycles. The van der Waals surface area contributed by atoms with Crippen molar-refractivity contribution in [3.05, 3.63) is 0 Å². The van der Waals surface area contributed by atoms with Crippen molar-refractivity contribution in [3.8, 4) is 0 Å². The molecule has 2 unspecified atom stereocenters. The largest absolute Gasteiger partial charge is 0.468 e. The molecule has 0 aromatic carbocycles. The minimum atomic E-state index is -0.239. The number of esters is 1. The summed E-state index contributed by atoms with van der Waals surface area (Å²) in [7, 11) is 1.40. The zero-order valence-corrected chi connectivity index (χ0v) is 9.81. The van der Waals surface area contributed by atoms with E-state index in [2.05, 4.69) is 10.1 Å². The minimum absolute atomic E-state index is 0.112. The first-order valence-corrected chi connectivity index (χ1v) is 5.60. The summed E-state index contributed by atoms with van der Waals surface area (Å²) in [5.41, 5.74) is -0.311. The van der Waals surface area contributed by atoms with Crippen LogP contribution in [-0.2, 0) is 14.3 Å². The van der Waals surface area contributed by atoms with Crippen molar-refractivity contribution in [1.82, 2.24) is 5.32 Å². The minimum Gasteiger partial charge on any atom is -0.468 e. The summed E-state index contributed by atoms with van der Waals surface area (Å²) >= 11 is 1.59. The lowest BCUT2D eigenvalue weighted by molar-refractivity contribution is -0.143. The second kappa shape index (κ2) is 4.51. The Morgan fingerprint density at radius 2 is 2.14 bits per heavy atom. The molecule has 1 fully saturated rings. The molecule has 0 aliphatic carbocycles. The summed E-state index contributed by atoms with van der Waals surface area (Å²) in [5.74, 6) is 0.477. The molecule has 0 amide bonds. The van der Waals surface area contributed by atoms with Crippen molar-refractivity contribution in [2.45, 2.75) is 38.0 Å². The number of hydrogen-bond acceptors (Lipinski definition) is 5. The second-order valence-corrected chi connectivity index (χ2v) is 5.23. The molecule has 2 atom stereocenters. The van der Waals surface area contributed by atoms with Crippen molar-refractivity contribution in [2.75, 3.05) is 12.9 Å². The Morgan fingerprint density at radius 1 is 1.50 bits per heavy atom. The Kier molecular flexibility index (Phi) is 3.80. The van der Waals surface area contributed by atoms with E-state index in [1.807, 2.05) is 20.8 Å². The summed E-state index contributed by atoms with van der Waals surface area (Å²) in [6.45, 7) is 5.96. The van der Waals surface area contributed by atoms with Crippen LogP contribution in [0, 0.1) is 0 Å². The molecule has 1 saturated heterocycles. The highest BCUT2D eigenvalue weighted by Crippen LogP contribution is 2.24. The molecule has 0 bridgehead atoms. The molecule has 0 radical (unpaired) electrons. The summed E-state index contributed by atoms with van der Waals surface area (Å²) in [5, 5.41) is 3.06. The Hall–Kier alpha value is -0.260. The van der Waals surface area contributed by atoms with Crippen molar-refractivity contribution in [2.24, 2.45) is 0 Å². The molecule has 1 rings (SSSR count). The van der Waals surface area contributed by atoms with Crippen LogP contribution in [0.25, 0.3) is 0 Å². The highest BCUT2D eigenvalue weighted by molar-refractivity contribution is 8.00. The quantitative estimate of drug-likeness (QED) is 0.701. The average molecular weight is 219 g/mol. The van der Waals surface area contributed by atoms with Gasteiger partial charge in [-0.2, -0.15) is 0 Å². The fourth-order valence-corrected chi connectivity index (χ4v) is 2.33. The number of thioether (sulfide) groups is 1. The molecular weight excluding hydrogens is 202 g/mol. The van der Waals surface area contributed by atoms with Crippen LogP contribution in [0.15, 0.2) is 0 Å². The van der Waals surface area contributed by atoms with E-state index in [4.69, 9.17) is 4.74 Å². The lowest BCUT2D eigenvalue weighted by atomic mass is 10.2. The van der Waals surface area contributed by atoms with Gasteiger partial charge in [-0.05, 0) is 20.8 Å². The third-order valence-electron chi connectivity index (χ3n) is 1.70. The molecule has 5 heteroatoms. The number of carbonyl (C=O) groups excluding carboxylic acids is 1. The fourth-order valence-electron chi connectivity index (χ4n) is 1.11. The molecule has 4 nitrogen and oxygen atoms in total. The van der Waals surface area contributed by atoms with Crippen LogP contribution in [-0.4, -0.2) is 36.0 Å². The number of nitrogens with one attached hydrogen (secondary N) is 1. The molecule has 0 aromatic rings. The van der Waals surface area contributed by atoms with Gasteiger partial charge >= 0.3 is 5.97 Å². The van der Waals surface area contributed by atoms with Crippen molar-refractivity contribution >= 4 is 17.7 Å². The van der Waals surface area contributed by atoms with Crippen LogP contribution in [0.1, 0.15) is 20.8 Å². The maximum atomic E-state index is 11.2. The zero-order chi connectivity index (χ0) is 10.8. The van der Waals surface area contributed by atoms with Crippen LogP contribution in [0.2, 0.25) is 0 Å². The number of rotatable bonds is 2. The first kappa shape index (κ1) is 11.8. The Labute approximate surface area is 88.7 Å². The number of hydrogen-bond donors (Lipinski definition) is 1. The lowest BCUT2D eigenvalue weighted by Gasteiger charge is -2.24. The fraction of sp³-hybridized carbons (Fsp3) is 0.889. The molecule has 14 heavy (non-hydrogen) atoms. The lowest BCUT2D eigenvalue weighted by Crippen LogP contribution is -2.40. The smallest absolute Gasteiger partial charge is 0.323 e. The summed E-state index contributed by atoms with van der Waals surface area (Å²) in [6.07, 6.45) is 0. The average Bonchev–Trinajstić information content (AvgIpc) is 2.48. The van der Waals surface area contributed by atoms with Gasteiger partial charge in [0, 0.05) is 5.75 Å². The van der Waals surface area contributed by atoms with Gasteiger partial charge in [-0.25, -0.2) is 0 Å². The number of methoxy groups -OCH3 is 1. The Balaban J connectivity index is 2.38. The van der Waals surface area contributed by atoms with Gasteiger partial charge in [-0.15, -0.1) is 11.8 Å². The molecule has 0 aromatic heterocycles. The highest BCUT2D eigenvalue weighted by atomic mass is 32.2. The van der Waals surface area contributed by atoms with Crippen LogP contribution in [0.3, 0.4) is 0 Å². The first-order valence-electron chi connectivity index (χ1n) is 4.55. The van der Waals surface area contributed by atoms with Gasteiger partial charge in [-0.3, -0.25) is 10.1 Å². The Bertz CT molecular complexity index is 215. The summed E-state index contributed by atoms with van der Waals surface area (Å²) in [6, 6.07) is -0.239. The normalized spacial score (nSPS) is 27.7. The predicted octanol–water partition coefficient (Wildman–Crippen LogP) is 0.963. The van der Waals surface area contributed by atoms with Crippen LogP contribution >= 0.6 is 11.8 Å². The van der Waals surface area contributed by atoms with E-state index in [9.17, 15) is 4.79 Å². The molecular formula is C9H17NO3S. The van der Waals surface area contributed by atoms with E-state index < -0.39 is 0 Å². The third kappa shape index (κ3) is 3.48. The molecule has 1 N–H and O–H groups in total. The molecule has 82 valence electrons. The molecule has 1 aliphatic rings. The highest BCUT2D eigenvalue weighted by Gasteiger charge is 2.32. The molecule has 1 heterocycles. The first-order chi connectivity index (χ1) is 6.42. The molecule has 0 spiro atoms. The molecule has 1 aliphatic heterocycles. The van der Waals surface area contributed by atoms with E-state index in [0.29, 0.717) is 5.75 Å². The second-order valence-electron chi connectivity index (χ2n) is 4.14. The zero-order valence-electron chi connectivity index (χ0n) is 8.99. The maximum Gasteiger partial charge on any atom is 0.323 e. The van der Waals surface area contributed by atoms with Gasteiger partial charge < -0.3 is 9.47 Å². The van der Waals surface area contributed by atoms with Gasteiger partial charge in [0.25, 0.3) is 0 Å². The third-order valence-corrected chi connectivity index (χ3v) is 2.76. The van der Waals surface area contributed by atoms with E-state index in [1.165, 1.54) is 7.11 Å². The van der Waals surface area contributed by atoms with Crippen molar-refractivity contribution in [1.29, 1.82) is 0 Å². The van der Waals surface area contributed by atoms with Crippen LogP contribution < -0.4 is 5.32 Å². The standard InChI is InChI=1S/C9H17NO3S/c1-9(2,3)13-8-10-6(5-14-8)7(11)12-4/h6,8,10H,5H2,1-4H3. The van der Waals surface area contributed by atoms with Gasteiger partial charge in [0.05, 0.1) is 12.7 Å². The summed E-state index contributed by atoms with van der Waals surface area (Å²) in [4.78, 5) is 11.2. The maximum absolute atomic E-state index is 11.2. The van der Waals surface area contributed by atoms with E-state index >= 15 is 0 Å². The van der Waals surface area contributed by atoms with Gasteiger partial charge in [-0.1, -0.05) is 0 Å². The van der Waals surface area contributed by atoms with E-state index in [-0.39, 0.29) is 23.2 Å². The van der Waals surface area contributed by atoms with Gasteiger partial charge in [0.1, 0.15) is 6.04 Å². The van der Waals surface area contributed by atoms with Crippen molar-refractivity contribution < 1.29 is 14.3 Å². The van der Waals surface area contributed by atoms with Crippen LogP contribution in [0.4, 0.5) is 0 Å². The Morgan fingerprint density at radius 3 is 2.64 bits per heavy atom. The van der Waals surface area contributed by atoms with E-state index in [1.54, 1.807) is 11.8 Å². The van der Waals surface area contributed by atoms with E-state index in [0.717, 1.165) is 0 Å². The van der Waals surface area contributed by atoms with Gasteiger partial charge in [0.15, 0.2) is 5.56 Å². The van der Waals surface area contributed by atoms with Gasteiger partial charge in [0.2, 0.25) is 0 Å². The van der Waals surface area contributed by atoms with Crippen molar-refractivity contribution in [3.63, 3.8) is 0 Å².